The van der Waals surface area contributed by atoms with Gasteiger partial charge >= 0.3 is 0 Å². The van der Waals surface area contributed by atoms with Gasteiger partial charge in [0.25, 0.3) is 5.91 Å². The molecule has 5 rings (SSSR count). The number of allylic oxidation sites excluding steroid dienone is 3. The Morgan fingerprint density at radius 2 is 2.12 bits per heavy atom. The molecule has 2 N–H and O–H groups in total. The van der Waals surface area contributed by atoms with Crippen molar-refractivity contribution in [3.8, 4) is 17.0 Å². The molecule has 2 aromatic rings. The first-order valence-corrected chi connectivity index (χ1v) is 12.1. The van der Waals surface area contributed by atoms with Gasteiger partial charge in [-0.1, -0.05) is 30.4 Å². The smallest absolute Gasteiger partial charge is 0.251 e. The molecule has 1 saturated heterocycles. The number of ether oxygens (including phenoxy) is 1. The average molecular weight is 458 g/mol. The first-order chi connectivity index (χ1) is 16.7. The van der Waals surface area contributed by atoms with Gasteiger partial charge in [0.05, 0.1) is 5.69 Å². The summed E-state index contributed by atoms with van der Waals surface area (Å²) in [5.41, 5.74) is 3.42. The Labute approximate surface area is 200 Å². The van der Waals surface area contributed by atoms with Gasteiger partial charge in [0, 0.05) is 36.1 Å². The van der Waals surface area contributed by atoms with E-state index in [0.717, 1.165) is 55.2 Å². The minimum Gasteiger partial charge on any atom is -0.490 e. The third-order valence-electron chi connectivity index (χ3n) is 6.41. The van der Waals surface area contributed by atoms with Crippen molar-refractivity contribution in [1.29, 1.82) is 0 Å². The average Bonchev–Trinajstić information content (AvgIpc) is 3.37. The lowest BCUT2D eigenvalue weighted by Crippen LogP contribution is -2.34. The summed E-state index contributed by atoms with van der Waals surface area (Å²) in [5, 5.41) is 6.47. The van der Waals surface area contributed by atoms with Crippen molar-refractivity contribution < 1.29 is 9.53 Å². The Morgan fingerprint density at radius 1 is 1.21 bits per heavy atom. The molecule has 1 unspecified atom stereocenters. The zero-order valence-electron chi connectivity index (χ0n) is 19.4. The highest BCUT2D eigenvalue weighted by Gasteiger charge is 2.20. The molecule has 0 radical (unpaired) electrons. The van der Waals surface area contributed by atoms with Gasteiger partial charge < -0.3 is 20.3 Å². The molecule has 34 heavy (non-hydrogen) atoms. The van der Waals surface area contributed by atoms with E-state index in [-0.39, 0.29) is 11.8 Å². The van der Waals surface area contributed by atoms with Crippen LogP contribution in [0.1, 0.15) is 25.7 Å². The quantitative estimate of drug-likeness (QED) is 0.677. The summed E-state index contributed by atoms with van der Waals surface area (Å²) in [6, 6.07) is 9.81. The van der Waals surface area contributed by atoms with Crippen LogP contribution in [0, 0.1) is 5.92 Å². The fourth-order valence-electron chi connectivity index (χ4n) is 4.66. The highest BCUT2D eigenvalue weighted by Crippen LogP contribution is 2.28. The van der Waals surface area contributed by atoms with Gasteiger partial charge in [-0.05, 0) is 69.0 Å². The van der Waals surface area contributed by atoms with E-state index in [2.05, 4.69) is 32.7 Å². The zero-order chi connectivity index (χ0) is 23.2. The van der Waals surface area contributed by atoms with E-state index in [1.165, 1.54) is 12.8 Å². The van der Waals surface area contributed by atoms with Crippen molar-refractivity contribution in [3.63, 3.8) is 0 Å². The summed E-state index contributed by atoms with van der Waals surface area (Å²) >= 11 is 0. The number of anilines is 1. The second-order valence-corrected chi connectivity index (χ2v) is 9.00. The first-order valence-electron chi connectivity index (χ1n) is 12.1. The number of nitrogens with one attached hydrogen (secondary N) is 2. The third-order valence-corrected chi connectivity index (χ3v) is 6.41. The largest absolute Gasteiger partial charge is 0.490 e. The zero-order valence-corrected chi connectivity index (χ0v) is 19.4. The van der Waals surface area contributed by atoms with Gasteiger partial charge in [-0.3, -0.25) is 4.79 Å². The van der Waals surface area contributed by atoms with Crippen LogP contribution in [0.15, 0.2) is 72.1 Å². The molecule has 6 bridgehead atoms. The lowest BCUT2D eigenvalue weighted by molar-refractivity contribution is -0.117. The minimum atomic E-state index is -0.0286. The fraction of sp³-hybridized carbons (Fsp3) is 0.370. The summed E-state index contributed by atoms with van der Waals surface area (Å²) in [5.74, 6) is 1.51. The van der Waals surface area contributed by atoms with Crippen LogP contribution in [-0.4, -0.2) is 53.6 Å². The first kappa shape index (κ1) is 22.3. The Kier molecular flexibility index (Phi) is 7.00. The molecule has 1 aromatic heterocycles. The number of carbonyl (C=O) groups excluding carboxylic acids is 1. The molecule has 7 heteroatoms. The van der Waals surface area contributed by atoms with Crippen molar-refractivity contribution in [1.82, 2.24) is 20.2 Å². The molecule has 3 heterocycles. The van der Waals surface area contributed by atoms with Crippen molar-refractivity contribution in [2.75, 3.05) is 38.1 Å². The molecule has 0 spiro atoms. The maximum absolute atomic E-state index is 13.0. The number of likely N-dealkylation sites (tertiary alicyclic amines) is 1. The molecule has 1 amide bonds. The van der Waals surface area contributed by atoms with Crippen LogP contribution in [0.25, 0.3) is 11.3 Å². The van der Waals surface area contributed by atoms with Crippen molar-refractivity contribution >= 4 is 11.9 Å². The molecule has 2 aliphatic heterocycles. The van der Waals surface area contributed by atoms with E-state index in [9.17, 15) is 4.79 Å². The maximum atomic E-state index is 13.0. The van der Waals surface area contributed by atoms with E-state index in [1.54, 1.807) is 6.20 Å². The number of rotatable bonds is 4. The SMILES string of the molecule is O=C(NCCN1CCCC1)C1=CC2C/C=C/COc3cccc(c3)-c3ccnc(n3)NC(=C1)C2. The van der Waals surface area contributed by atoms with E-state index in [0.29, 0.717) is 24.7 Å². The number of fused-ring (bicyclic) bond motifs is 7. The van der Waals surface area contributed by atoms with Gasteiger partial charge in [0.2, 0.25) is 5.95 Å². The van der Waals surface area contributed by atoms with Gasteiger partial charge in [-0.25, -0.2) is 9.97 Å². The molecular weight excluding hydrogens is 426 g/mol. The lowest BCUT2D eigenvalue weighted by Gasteiger charge is -2.22. The van der Waals surface area contributed by atoms with E-state index in [1.807, 2.05) is 42.5 Å². The van der Waals surface area contributed by atoms with Crippen LogP contribution >= 0.6 is 0 Å². The second-order valence-electron chi connectivity index (χ2n) is 9.00. The van der Waals surface area contributed by atoms with Crippen molar-refractivity contribution in [3.05, 3.63) is 72.1 Å². The number of carbonyl (C=O) groups is 1. The number of aromatic nitrogens is 2. The highest BCUT2D eigenvalue weighted by atomic mass is 16.5. The van der Waals surface area contributed by atoms with E-state index in [4.69, 9.17) is 9.72 Å². The Balaban J connectivity index is 1.36. The number of hydrogen-bond acceptors (Lipinski definition) is 6. The van der Waals surface area contributed by atoms with Crippen molar-refractivity contribution in [2.45, 2.75) is 25.7 Å². The Morgan fingerprint density at radius 3 is 3.03 bits per heavy atom. The molecule has 1 aliphatic carbocycles. The van der Waals surface area contributed by atoms with Gasteiger partial charge in [0.1, 0.15) is 12.4 Å². The van der Waals surface area contributed by atoms with Gasteiger partial charge in [-0.2, -0.15) is 0 Å². The lowest BCUT2D eigenvalue weighted by atomic mass is 9.90. The van der Waals surface area contributed by atoms with E-state index >= 15 is 0 Å². The summed E-state index contributed by atoms with van der Waals surface area (Å²) in [6.07, 6.45) is 14.1. The van der Waals surface area contributed by atoms with Crippen LogP contribution in [0.5, 0.6) is 5.75 Å². The monoisotopic (exact) mass is 457 g/mol. The number of benzene rings is 1. The van der Waals surface area contributed by atoms with Crippen LogP contribution < -0.4 is 15.4 Å². The summed E-state index contributed by atoms with van der Waals surface area (Å²) in [7, 11) is 0. The predicted molar refractivity (Wildman–Crippen MR) is 133 cm³/mol. The van der Waals surface area contributed by atoms with Gasteiger partial charge in [-0.15, -0.1) is 0 Å². The second kappa shape index (κ2) is 10.7. The van der Waals surface area contributed by atoms with E-state index < -0.39 is 0 Å². The number of hydrogen-bond donors (Lipinski definition) is 2. The summed E-state index contributed by atoms with van der Waals surface area (Å²) in [6.45, 7) is 4.33. The van der Waals surface area contributed by atoms with Gasteiger partial charge in [0.15, 0.2) is 0 Å². The molecule has 1 atom stereocenters. The van der Waals surface area contributed by atoms with Crippen LogP contribution in [0.4, 0.5) is 5.95 Å². The molecule has 0 saturated carbocycles. The van der Waals surface area contributed by atoms with Crippen LogP contribution in [0.3, 0.4) is 0 Å². The minimum absolute atomic E-state index is 0.0286. The molecule has 7 nitrogen and oxygen atoms in total. The number of amides is 1. The Hall–Kier alpha value is -3.45. The fourth-order valence-corrected chi connectivity index (χ4v) is 4.66. The molecular formula is C27H31N5O2. The van der Waals surface area contributed by atoms with Crippen LogP contribution in [-0.2, 0) is 4.79 Å². The molecule has 1 aromatic carbocycles. The van der Waals surface area contributed by atoms with Crippen LogP contribution in [0.2, 0.25) is 0 Å². The topological polar surface area (TPSA) is 79.4 Å². The predicted octanol–water partition coefficient (Wildman–Crippen LogP) is 3.94. The standard InChI is InChI=1S/C27H31N5O2/c33-26(28-11-14-32-12-2-3-13-32)22-16-20-6-1-4-15-34-24-8-5-7-21(19-24)25-9-10-29-27(31-25)30-23(17-20)18-22/h1,4-5,7-10,16,18-20H,2-3,6,11-15,17H2,(H,28,33)(H,29,30,31)/b4-1+. The number of nitrogens with zero attached hydrogens (tertiary/aromatic N) is 3. The summed E-state index contributed by atoms with van der Waals surface area (Å²) in [4.78, 5) is 24.5. The molecule has 176 valence electrons. The van der Waals surface area contributed by atoms with Crippen molar-refractivity contribution in [2.24, 2.45) is 5.92 Å². The Bertz CT molecular complexity index is 1120. The normalized spacial score (nSPS) is 21.1. The maximum Gasteiger partial charge on any atom is 0.251 e. The molecule has 1 fully saturated rings. The molecule has 3 aliphatic rings. The highest BCUT2D eigenvalue weighted by molar-refractivity contribution is 5.96. The summed E-state index contributed by atoms with van der Waals surface area (Å²) < 4.78 is 5.90. The third kappa shape index (κ3) is 5.72.